The summed E-state index contributed by atoms with van der Waals surface area (Å²) in [5, 5.41) is 5.28. The van der Waals surface area contributed by atoms with Gasteiger partial charge in [0.1, 0.15) is 0 Å². The van der Waals surface area contributed by atoms with Gasteiger partial charge in [-0.1, -0.05) is 0 Å². The van der Waals surface area contributed by atoms with E-state index in [-0.39, 0.29) is 17.9 Å². The smallest absolute Gasteiger partial charge is 0.318 e. The fourth-order valence-corrected chi connectivity index (χ4v) is 1.62. The molecule has 0 saturated carbocycles. The molecule has 0 aliphatic carbocycles. The summed E-state index contributed by atoms with van der Waals surface area (Å²) in [7, 11) is 0. The maximum atomic E-state index is 11.4. The molecule has 0 radical (unpaired) electrons. The zero-order valence-electron chi connectivity index (χ0n) is 7.67. The van der Waals surface area contributed by atoms with E-state index in [0.717, 1.165) is 19.4 Å². The number of nitrogens with one attached hydrogen (secondary N) is 2. The molecule has 1 rings (SSSR count). The molecular formula is C8H15N3O2. The molecule has 1 heterocycles. The fourth-order valence-electron chi connectivity index (χ4n) is 1.62. The van der Waals surface area contributed by atoms with E-state index < -0.39 is 6.03 Å². The van der Waals surface area contributed by atoms with Crippen molar-refractivity contribution in [3.63, 3.8) is 0 Å². The Bertz CT molecular complexity index is 217. The second kappa shape index (κ2) is 4.23. The summed E-state index contributed by atoms with van der Waals surface area (Å²) >= 11 is 0. The molecule has 2 unspecified atom stereocenters. The van der Waals surface area contributed by atoms with E-state index in [4.69, 9.17) is 5.73 Å². The van der Waals surface area contributed by atoms with E-state index in [0.29, 0.717) is 0 Å². The Kier molecular flexibility index (Phi) is 3.25. The number of imide groups is 1. The lowest BCUT2D eigenvalue weighted by Gasteiger charge is -2.28. The van der Waals surface area contributed by atoms with Crippen LogP contribution in [0.3, 0.4) is 0 Å². The first-order valence-corrected chi connectivity index (χ1v) is 4.45. The van der Waals surface area contributed by atoms with Crippen molar-refractivity contribution in [3.8, 4) is 0 Å². The average molecular weight is 185 g/mol. The Hall–Kier alpha value is -1.10. The van der Waals surface area contributed by atoms with E-state index >= 15 is 0 Å². The topological polar surface area (TPSA) is 84.2 Å². The van der Waals surface area contributed by atoms with Crippen molar-refractivity contribution in [2.75, 3.05) is 6.54 Å². The quantitative estimate of drug-likeness (QED) is 0.518. The predicted octanol–water partition coefficient (Wildman–Crippen LogP) is -0.431. The summed E-state index contributed by atoms with van der Waals surface area (Å²) in [5.74, 6) is -0.409. The van der Waals surface area contributed by atoms with Crippen LogP contribution < -0.4 is 16.4 Å². The zero-order chi connectivity index (χ0) is 9.84. The van der Waals surface area contributed by atoms with Crippen LogP contribution in [0.1, 0.15) is 19.8 Å². The van der Waals surface area contributed by atoms with Crippen LogP contribution >= 0.6 is 0 Å². The Labute approximate surface area is 77.1 Å². The van der Waals surface area contributed by atoms with Gasteiger partial charge in [0, 0.05) is 6.04 Å². The minimum atomic E-state index is -0.775. The van der Waals surface area contributed by atoms with Gasteiger partial charge in [-0.3, -0.25) is 10.1 Å². The fraction of sp³-hybridized carbons (Fsp3) is 0.750. The predicted molar refractivity (Wildman–Crippen MR) is 47.9 cm³/mol. The van der Waals surface area contributed by atoms with E-state index in [1.54, 1.807) is 0 Å². The first kappa shape index (κ1) is 9.98. The summed E-state index contributed by atoms with van der Waals surface area (Å²) in [6.45, 7) is 2.87. The van der Waals surface area contributed by atoms with Crippen LogP contribution in [-0.4, -0.2) is 24.5 Å². The third-order valence-electron chi connectivity index (χ3n) is 2.34. The second-order valence-electron chi connectivity index (χ2n) is 3.35. The van der Waals surface area contributed by atoms with Crippen molar-refractivity contribution >= 4 is 11.9 Å². The van der Waals surface area contributed by atoms with Gasteiger partial charge in [0.15, 0.2) is 0 Å². The Morgan fingerprint density at radius 2 is 2.23 bits per heavy atom. The van der Waals surface area contributed by atoms with Crippen LogP contribution in [0.15, 0.2) is 0 Å². The van der Waals surface area contributed by atoms with Crippen molar-refractivity contribution in [2.24, 2.45) is 11.7 Å². The van der Waals surface area contributed by atoms with Gasteiger partial charge in [-0.15, -0.1) is 0 Å². The van der Waals surface area contributed by atoms with Gasteiger partial charge in [-0.2, -0.15) is 0 Å². The van der Waals surface area contributed by atoms with Crippen LogP contribution in [0, 0.1) is 5.92 Å². The number of urea groups is 1. The van der Waals surface area contributed by atoms with Crippen molar-refractivity contribution in [3.05, 3.63) is 0 Å². The molecule has 74 valence electrons. The van der Waals surface area contributed by atoms with Crippen LogP contribution in [-0.2, 0) is 4.79 Å². The number of carbonyl (C=O) groups is 2. The maximum Gasteiger partial charge on any atom is 0.318 e. The molecule has 1 aliphatic heterocycles. The highest BCUT2D eigenvalue weighted by molar-refractivity contribution is 5.95. The van der Waals surface area contributed by atoms with Crippen LogP contribution in [0.5, 0.6) is 0 Å². The Balaban J connectivity index is 2.48. The minimum Gasteiger partial charge on any atom is -0.351 e. The number of hydrogen-bond acceptors (Lipinski definition) is 3. The lowest BCUT2D eigenvalue weighted by molar-refractivity contribution is -0.125. The van der Waals surface area contributed by atoms with Crippen LogP contribution in [0.2, 0.25) is 0 Å². The van der Waals surface area contributed by atoms with Gasteiger partial charge in [0.2, 0.25) is 5.91 Å². The molecule has 5 heteroatoms. The molecule has 5 nitrogen and oxygen atoms in total. The van der Waals surface area contributed by atoms with Crippen molar-refractivity contribution in [1.82, 2.24) is 10.6 Å². The van der Waals surface area contributed by atoms with Gasteiger partial charge in [-0.05, 0) is 26.3 Å². The molecule has 13 heavy (non-hydrogen) atoms. The van der Waals surface area contributed by atoms with Gasteiger partial charge in [0.05, 0.1) is 5.92 Å². The third kappa shape index (κ3) is 2.69. The van der Waals surface area contributed by atoms with Crippen molar-refractivity contribution in [2.45, 2.75) is 25.8 Å². The molecule has 1 saturated heterocycles. The highest BCUT2D eigenvalue weighted by atomic mass is 16.2. The molecule has 1 fully saturated rings. The second-order valence-corrected chi connectivity index (χ2v) is 3.35. The first-order chi connectivity index (χ1) is 6.11. The number of nitrogens with two attached hydrogens (primary N) is 1. The largest absolute Gasteiger partial charge is 0.351 e. The maximum absolute atomic E-state index is 11.4. The van der Waals surface area contributed by atoms with E-state index in [1.165, 1.54) is 0 Å². The third-order valence-corrected chi connectivity index (χ3v) is 2.34. The number of carbonyl (C=O) groups excluding carboxylic acids is 2. The zero-order valence-corrected chi connectivity index (χ0v) is 7.67. The highest BCUT2D eigenvalue weighted by Gasteiger charge is 2.27. The average Bonchev–Trinajstić information content (AvgIpc) is 2.03. The van der Waals surface area contributed by atoms with Crippen molar-refractivity contribution in [1.29, 1.82) is 0 Å². The number of hydrogen-bond donors (Lipinski definition) is 3. The monoisotopic (exact) mass is 185 g/mol. The van der Waals surface area contributed by atoms with Gasteiger partial charge < -0.3 is 11.1 Å². The minimum absolute atomic E-state index is 0.119. The number of piperidine rings is 1. The Morgan fingerprint density at radius 3 is 2.77 bits per heavy atom. The van der Waals surface area contributed by atoms with E-state index in [2.05, 4.69) is 10.6 Å². The van der Waals surface area contributed by atoms with Gasteiger partial charge >= 0.3 is 6.03 Å². The number of rotatable bonds is 1. The van der Waals surface area contributed by atoms with Crippen LogP contribution in [0.25, 0.3) is 0 Å². The normalized spacial score (nSPS) is 28.1. The molecule has 4 N–H and O–H groups in total. The number of amides is 3. The molecule has 0 aromatic carbocycles. The van der Waals surface area contributed by atoms with Crippen LogP contribution in [0.4, 0.5) is 4.79 Å². The summed E-state index contributed by atoms with van der Waals surface area (Å²) in [6, 6.07) is -0.657. The van der Waals surface area contributed by atoms with Gasteiger partial charge in [0.25, 0.3) is 0 Å². The molecule has 0 bridgehead atoms. The number of primary amides is 1. The Morgan fingerprint density at radius 1 is 1.54 bits per heavy atom. The summed E-state index contributed by atoms with van der Waals surface area (Å²) < 4.78 is 0. The van der Waals surface area contributed by atoms with E-state index in [1.807, 2.05) is 6.92 Å². The summed E-state index contributed by atoms with van der Waals surface area (Å²) in [4.78, 5) is 21.8. The molecule has 0 spiro atoms. The molecule has 0 aromatic rings. The standard InChI is InChI=1S/C8H15N3O2/c1-5-6(3-2-4-10-5)7(12)11-8(9)13/h5-6,10H,2-4H2,1H3,(H3,9,11,12,13). The lowest BCUT2D eigenvalue weighted by atomic mass is 9.91. The molecule has 2 atom stereocenters. The van der Waals surface area contributed by atoms with Gasteiger partial charge in [-0.25, -0.2) is 4.79 Å². The molecule has 1 aliphatic rings. The SMILES string of the molecule is CC1NCCCC1C(=O)NC(N)=O. The summed E-state index contributed by atoms with van der Waals surface area (Å²) in [5.41, 5.74) is 4.85. The molecule has 0 aromatic heterocycles. The summed E-state index contributed by atoms with van der Waals surface area (Å²) in [6.07, 6.45) is 1.77. The molecule has 3 amide bonds. The first-order valence-electron chi connectivity index (χ1n) is 4.45. The van der Waals surface area contributed by atoms with E-state index in [9.17, 15) is 9.59 Å². The van der Waals surface area contributed by atoms with Crippen molar-refractivity contribution < 1.29 is 9.59 Å². The molecular weight excluding hydrogens is 170 g/mol. The highest BCUT2D eigenvalue weighted by Crippen LogP contribution is 2.15. The lowest BCUT2D eigenvalue weighted by Crippen LogP contribution is -2.49.